The van der Waals surface area contributed by atoms with Crippen molar-refractivity contribution in [2.75, 3.05) is 17.7 Å². The van der Waals surface area contributed by atoms with Crippen LogP contribution in [0.5, 0.6) is 0 Å². The van der Waals surface area contributed by atoms with E-state index in [0.29, 0.717) is 27.9 Å². The first-order chi connectivity index (χ1) is 9.50. The van der Waals surface area contributed by atoms with Gasteiger partial charge in [0, 0.05) is 28.4 Å². The minimum Gasteiger partial charge on any atom is -0.398 e. The van der Waals surface area contributed by atoms with E-state index < -0.39 is 10.8 Å². The first-order valence-corrected chi connectivity index (χ1v) is 8.23. The van der Waals surface area contributed by atoms with Gasteiger partial charge in [0.2, 0.25) is 0 Å². The minimum absolute atomic E-state index is 0.0291. The van der Waals surface area contributed by atoms with Crippen molar-refractivity contribution in [3.8, 4) is 11.4 Å². The zero-order valence-corrected chi connectivity index (χ0v) is 12.9. The Labute approximate surface area is 124 Å². The molecule has 0 radical (unpaired) electrons. The quantitative estimate of drug-likeness (QED) is 0.852. The van der Waals surface area contributed by atoms with E-state index in [4.69, 9.17) is 17.3 Å². The number of hydrogen-bond acceptors (Lipinski definition) is 5. The van der Waals surface area contributed by atoms with Gasteiger partial charge < -0.3 is 5.73 Å². The number of tetrazole rings is 1. The van der Waals surface area contributed by atoms with E-state index >= 15 is 0 Å². The number of hydrogen-bond donors (Lipinski definition) is 1. The van der Waals surface area contributed by atoms with E-state index in [-0.39, 0.29) is 6.04 Å². The van der Waals surface area contributed by atoms with Gasteiger partial charge in [-0.3, -0.25) is 4.21 Å². The molecule has 0 fully saturated rings. The summed E-state index contributed by atoms with van der Waals surface area (Å²) in [6.07, 6.45) is 2.41. The Morgan fingerprint density at radius 3 is 2.95 bits per heavy atom. The van der Waals surface area contributed by atoms with Crippen molar-refractivity contribution in [1.82, 2.24) is 20.2 Å². The predicted molar refractivity (Wildman–Crippen MR) is 80.9 cm³/mol. The van der Waals surface area contributed by atoms with Crippen LogP contribution in [-0.4, -0.2) is 36.4 Å². The molecule has 0 saturated heterocycles. The molecule has 2 N–H and O–H groups in total. The predicted octanol–water partition coefficient (Wildman–Crippen LogP) is 1.91. The van der Waals surface area contributed by atoms with Crippen LogP contribution in [0.1, 0.15) is 19.4 Å². The van der Waals surface area contributed by atoms with E-state index in [9.17, 15) is 4.21 Å². The van der Waals surface area contributed by atoms with Crippen molar-refractivity contribution in [2.24, 2.45) is 0 Å². The molecular formula is C12H16ClN5OS. The average molecular weight is 314 g/mol. The molecule has 20 heavy (non-hydrogen) atoms. The van der Waals surface area contributed by atoms with Crippen molar-refractivity contribution in [1.29, 1.82) is 0 Å². The van der Waals surface area contributed by atoms with Crippen LogP contribution in [0.15, 0.2) is 18.2 Å². The topological polar surface area (TPSA) is 86.7 Å². The Hall–Kier alpha value is -1.47. The lowest BCUT2D eigenvalue weighted by Gasteiger charge is -2.13. The van der Waals surface area contributed by atoms with Crippen LogP contribution >= 0.6 is 11.6 Å². The maximum atomic E-state index is 11.2. The lowest BCUT2D eigenvalue weighted by atomic mass is 10.1. The van der Waals surface area contributed by atoms with Gasteiger partial charge in [-0.1, -0.05) is 17.7 Å². The number of benzene rings is 1. The van der Waals surface area contributed by atoms with Crippen LogP contribution < -0.4 is 5.73 Å². The molecular weight excluding hydrogens is 298 g/mol. The highest BCUT2D eigenvalue weighted by atomic mass is 35.5. The summed E-state index contributed by atoms with van der Waals surface area (Å²) in [6, 6.07) is 5.39. The van der Waals surface area contributed by atoms with Crippen molar-refractivity contribution in [3.63, 3.8) is 0 Å². The molecule has 2 aromatic rings. The fraction of sp³-hybridized carbons (Fsp3) is 0.417. The summed E-state index contributed by atoms with van der Waals surface area (Å²) in [4.78, 5) is 0. The molecule has 108 valence electrons. The van der Waals surface area contributed by atoms with Crippen LogP contribution in [0.3, 0.4) is 0 Å². The molecule has 2 unspecified atom stereocenters. The molecule has 0 aliphatic carbocycles. The molecule has 0 spiro atoms. The maximum Gasteiger partial charge on any atom is 0.183 e. The first-order valence-electron chi connectivity index (χ1n) is 6.13. The number of anilines is 1. The smallest absolute Gasteiger partial charge is 0.183 e. The molecule has 0 aliphatic heterocycles. The molecule has 8 heteroatoms. The minimum atomic E-state index is -0.835. The van der Waals surface area contributed by atoms with Crippen molar-refractivity contribution in [2.45, 2.75) is 19.4 Å². The van der Waals surface area contributed by atoms with E-state index in [0.717, 1.165) is 6.42 Å². The van der Waals surface area contributed by atoms with Crippen LogP contribution in [0.4, 0.5) is 5.69 Å². The fourth-order valence-electron chi connectivity index (χ4n) is 1.85. The second-order valence-corrected chi connectivity index (χ2v) is 6.50. The largest absolute Gasteiger partial charge is 0.398 e. The molecule has 2 atom stereocenters. The van der Waals surface area contributed by atoms with Crippen LogP contribution in [-0.2, 0) is 10.8 Å². The number of nitrogen functional groups attached to an aromatic ring is 1. The lowest BCUT2D eigenvalue weighted by Crippen LogP contribution is -2.12. The molecule has 0 amide bonds. The van der Waals surface area contributed by atoms with Gasteiger partial charge >= 0.3 is 0 Å². The molecule has 1 heterocycles. The van der Waals surface area contributed by atoms with Crippen LogP contribution in [0, 0.1) is 0 Å². The number of nitrogens with zero attached hydrogens (tertiary/aromatic N) is 4. The Bertz CT molecular complexity index is 630. The van der Waals surface area contributed by atoms with Gasteiger partial charge in [0.05, 0.1) is 16.8 Å². The van der Waals surface area contributed by atoms with Gasteiger partial charge in [0.1, 0.15) is 0 Å². The van der Waals surface area contributed by atoms with E-state index in [1.54, 1.807) is 23.1 Å². The lowest BCUT2D eigenvalue weighted by molar-refractivity contribution is 0.470. The van der Waals surface area contributed by atoms with Gasteiger partial charge in [-0.25, -0.2) is 4.68 Å². The van der Waals surface area contributed by atoms with Gasteiger partial charge in [0.15, 0.2) is 5.82 Å². The van der Waals surface area contributed by atoms with Crippen LogP contribution in [0.25, 0.3) is 11.4 Å². The Morgan fingerprint density at radius 2 is 2.25 bits per heavy atom. The second-order valence-electron chi connectivity index (χ2n) is 4.57. The van der Waals surface area contributed by atoms with Gasteiger partial charge in [-0.15, -0.1) is 5.10 Å². The van der Waals surface area contributed by atoms with Gasteiger partial charge in [-0.05, 0) is 35.9 Å². The Kier molecular flexibility index (Phi) is 4.72. The summed E-state index contributed by atoms with van der Waals surface area (Å²) in [5, 5.41) is 12.2. The molecule has 1 aromatic heterocycles. The normalized spacial score (nSPS) is 14.2. The monoisotopic (exact) mass is 313 g/mol. The summed E-state index contributed by atoms with van der Waals surface area (Å²) in [5.74, 6) is 1.17. The number of aromatic nitrogens is 4. The standard InChI is InChI=1S/C12H16ClN5OS/c1-8(6-7-20(2)19)18-12(15-16-17-18)9-4-3-5-10(14)11(9)13/h3-5,8H,6-7,14H2,1-2H3. The Balaban J connectivity index is 2.33. The van der Waals surface area contributed by atoms with Crippen LogP contribution in [0.2, 0.25) is 5.02 Å². The molecule has 6 nitrogen and oxygen atoms in total. The van der Waals surface area contributed by atoms with E-state index in [2.05, 4.69) is 15.5 Å². The highest BCUT2D eigenvalue weighted by Gasteiger charge is 2.17. The molecule has 1 aromatic carbocycles. The van der Waals surface area contributed by atoms with Crippen molar-refractivity contribution < 1.29 is 4.21 Å². The summed E-state index contributed by atoms with van der Waals surface area (Å²) < 4.78 is 12.9. The van der Waals surface area contributed by atoms with Crippen molar-refractivity contribution >= 4 is 28.1 Å². The molecule has 0 saturated carbocycles. The van der Waals surface area contributed by atoms with Gasteiger partial charge in [0.25, 0.3) is 0 Å². The van der Waals surface area contributed by atoms with E-state index in [1.165, 1.54) is 0 Å². The third kappa shape index (κ3) is 3.16. The Morgan fingerprint density at radius 1 is 1.50 bits per heavy atom. The van der Waals surface area contributed by atoms with Crippen molar-refractivity contribution in [3.05, 3.63) is 23.2 Å². The second kappa shape index (κ2) is 6.32. The SMILES string of the molecule is CC(CCS(C)=O)n1nnnc1-c1cccc(N)c1Cl. The molecule has 2 rings (SSSR count). The van der Waals surface area contributed by atoms with E-state index in [1.807, 2.05) is 13.0 Å². The third-order valence-corrected chi connectivity index (χ3v) is 4.24. The third-order valence-electron chi connectivity index (χ3n) is 3.00. The summed E-state index contributed by atoms with van der Waals surface area (Å²) >= 11 is 6.21. The first kappa shape index (κ1) is 14.9. The zero-order valence-electron chi connectivity index (χ0n) is 11.3. The number of halogens is 1. The summed E-state index contributed by atoms with van der Waals surface area (Å²) in [6.45, 7) is 1.98. The summed E-state index contributed by atoms with van der Waals surface area (Å²) in [5.41, 5.74) is 6.98. The fourth-order valence-corrected chi connectivity index (χ4v) is 2.73. The number of nitrogens with two attached hydrogens (primary N) is 1. The summed E-state index contributed by atoms with van der Waals surface area (Å²) in [7, 11) is -0.835. The molecule has 0 bridgehead atoms. The molecule has 0 aliphatic rings. The number of rotatable bonds is 5. The highest BCUT2D eigenvalue weighted by Crippen LogP contribution is 2.31. The zero-order chi connectivity index (χ0) is 14.7. The highest BCUT2D eigenvalue weighted by molar-refractivity contribution is 7.84. The van der Waals surface area contributed by atoms with Gasteiger partial charge in [-0.2, -0.15) is 0 Å². The maximum absolute atomic E-state index is 11.2. The average Bonchev–Trinajstić information content (AvgIpc) is 2.88.